The number of hydrogen-bond donors (Lipinski definition) is 0. The Morgan fingerprint density at radius 2 is 0.926 bits per heavy atom. The normalized spacial score (nSPS) is 14.7. The highest BCUT2D eigenvalue weighted by atomic mass is 28.4. The number of rotatable bonds is 8. The maximum Gasteiger partial charge on any atom is 0.347 e. The van der Waals surface area contributed by atoms with Crippen molar-refractivity contribution in [2.24, 2.45) is 10.8 Å². The van der Waals surface area contributed by atoms with E-state index < -0.39 is 18.6 Å². The van der Waals surface area contributed by atoms with Gasteiger partial charge in [0.1, 0.15) is 0 Å². The number of benzene rings is 2. The van der Waals surface area contributed by atoms with Crippen molar-refractivity contribution >= 4 is 28.9 Å². The third-order valence-electron chi connectivity index (χ3n) is 3.73. The number of hydrogen-bond acceptors (Lipinski definition) is 3. The van der Waals surface area contributed by atoms with Gasteiger partial charge in [-0.2, -0.15) is 0 Å². The Morgan fingerprint density at radius 3 is 1.22 bits per heavy atom. The van der Waals surface area contributed by atoms with Gasteiger partial charge < -0.3 is 13.0 Å². The first-order valence-electron chi connectivity index (χ1n) is 9.63. The molecule has 0 spiro atoms. The summed E-state index contributed by atoms with van der Waals surface area (Å²) in [7, 11) is -4.14. The summed E-state index contributed by atoms with van der Waals surface area (Å²) < 4.78 is 19.3. The first kappa shape index (κ1) is 22.0. The van der Waals surface area contributed by atoms with Gasteiger partial charge in [0, 0.05) is 13.2 Å². The Morgan fingerprint density at radius 1 is 0.593 bits per heavy atom. The molecule has 2 aromatic rings. The Kier molecular flexibility index (Phi) is 8.00. The van der Waals surface area contributed by atoms with Crippen molar-refractivity contribution in [1.82, 2.24) is 0 Å². The van der Waals surface area contributed by atoms with Crippen LogP contribution in [0.5, 0.6) is 0 Å². The Bertz CT molecular complexity index is 604. The largest absolute Gasteiger partial charge is 0.412 e. The van der Waals surface area contributed by atoms with Gasteiger partial charge in [-0.3, -0.25) is 0 Å². The second-order valence-electron chi connectivity index (χ2n) is 9.36. The lowest BCUT2D eigenvalue weighted by Gasteiger charge is -2.28. The van der Waals surface area contributed by atoms with Gasteiger partial charge in [-0.25, -0.2) is 0 Å². The highest BCUT2D eigenvalue weighted by Gasteiger charge is 2.28. The zero-order chi connectivity index (χ0) is 19.9. The summed E-state index contributed by atoms with van der Waals surface area (Å²) in [6.07, 6.45) is 0. The average molecular weight is 403 g/mol. The van der Waals surface area contributed by atoms with Crippen LogP contribution in [0.25, 0.3) is 0 Å². The molecular weight excluding hydrogens is 368 g/mol. The first-order valence-corrected chi connectivity index (χ1v) is 12.7. The Labute approximate surface area is 168 Å². The highest BCUT2D eigenvalue weighted by molar-refractivity contribution is 6.74. The molecule has 0 aliphatic rings. The summed E-state index contributed by atoms with van der Waals surface area (Å²) in [5, 5.41) is 2.32. The molecule has 0 N–H and O–H groups in total. The Balaban J connectivity index is 2.22. The van der Waals surface area contributed by atoms with E-state index in [1.54, 1.807) is 0 Å². The molecule has 3 nitrogen and oxygen atoms in total. The zero-order valence-corrected chi connectivity index (χ0v) is 19.9. The van der Waals surface area contributed by atoms with Crippen LogP contribution >= 0.6 is 0 Å². The second-order valence-corrected chi connectivity index (χ2v) is 13.8. The van der Waals surface area contributed by atoms with Crippen LogP contribution in [0.3, 0.4) is 0 Å². The molecule has 0 aromatic heterocycles. The SMILES string of the molecule is CC(C)(C)CO[SiH](O[SiH](OCC(C)(C)C)c1ccccc1)c1ccccc1. The third-order valence-corrected chi connectivity index (χ3v) is 8.50. The van der Waals surface area contributed by atoms with Crippen LogP contribution in [0.1, 0.15) is 41.5 Å². The summed E-state index contributed by atoms with van der Waals surface area (Å²) in [5.41, 5.74) is 0.193. The van der Waals surface area contributed by atoms with Gasteiger partial charge in [0.15, 0.2) is 0 Å². The quantitative estimate of drug-likeness (QED) is 0.634. The molecule has 2 atom stereocenters. The molecule has 148 valence electrons. The topological polar surface area (TPSA) is 27.7 Å². The standard InChI is InChI=1S/C22H34O3Si2/c1-21(2,3)17-23-26(19-13-9-7-10-14-19)25-27(24-18-22(4,5)6)20-15-11-8-12-16-20/h7-16,26-27H,17-18H2,1-6H3. The molecular formula is C22H34O3Si2. The highest BCUT2D eigenvalue weighted by Crippen LogP contribution is 2.16. The second kappa shape index (κ2) is 9.80. The van der Waals surface area contributed by atoms with Gasteiger partial charge in [0.05, 0.1) is 0 Å². The summed E-state index contributed by atoms with van der Waals surface area (Å²) in [5.74, 6) is 0. The summed E-state index contributed by atoms with van der Waals surface area (Å²) in [6.45, 7) is 14.5. The van der Waals surface area contributed by atoms with Crippen molar-refractivity contribution in [3.8, 4) is 0 Å². The van der Waals surface area contributed by atoms with Crippen LogP contribution in [0.2, 0.25) is 0 Å². The van der Waals surface area contributed by atoms with E-state index in [0.717, 1.165) is 10.4 Å². The first-order chi connectivity index (χ1) is 12.6. The lowest BCUT2D eigenvalue weighted by Crippen LogP contribution is -2.49. The van der Waals surface area contributed by atoms with E-state index in [1.165, 1.54) is 0 Å². The molecule has 0 bridgehead atoms. The van der Waals surface area contributed by atoms with Crippen molar-refractivity contribution in [3.63, 3.8) is 0 Å². The summed E-state index contributed by atoms with van der Waals surface area (Å²) in [4.78, 5) is 0. The molecule has 0 fully saturated rings. The molecule has 27 heavy (non-hydrogen) atoms. The molecule has 0 aliphatic carbocycles. The van der Waals surface area contributed by atoms with E-state index in [2.05, 4.69) is 65.8 Å². The molecule has 2 unspecified atom stereocenters. The third kappa shape index (κ3) is 8.53. The summed E-state index contributed by atoms with van der Waals surface area (Å²) in [6, 6.07) is 20.7. The molecule has 0 aliphatic heterocycles. The fraction of sp³-hybridized carbons (Fsp3) is 0.455. The average Bonchev–Trinajstić information content (AvgIpc) is 2.61. The minimum absolute atomic E-state index is 0.0967. The van der Waals surface area contributed by atoms with Gasteiger partial charge >= 0.3 is 18.6 Å². The summed E-state index contributed by atoms with van der Waals surface area (Å²) >= 11 is 0. The molecule has 0 saturated heterocycles. The van der Waals surface area contributed by atoms with Crippen molar-refractivity contribution in [2.45, 2.75) is 41.5 Å². The molecule has 0 amide bonds. The minimum Gasteiger partial charge on any atom is -0.412 e. The molecule has 0 saturated carbocycles. The lowest BCUT2D eigenvalue weighted by molar-refractivity contribution is 0.151. The van der Waals surface area contributed by atoms with Crippen molar-refractivity contribution < 1.29 is 13.0 Å². The maximum atomic E-state index is 6.65. The van der Waals surface area contributed by atoms with Gasteiger partial charge in [0.25, 0.3) is 0 Å². The van der Waals surface area contributed by atoms with E-state index in [-0.39, 0.29) is 10.8 Å². The minimum atomic E-state index is -2.07. The van der Waals surface area contributed by atoms with Gasteiger partial charge in [-0.1, -0.05) is 102 Å². The fourth-order valence-electron chi connectivity index (χ4n) is 2.41. The van der Waals surface area contributed by atoms with Crippen molar-refractivity contribution in [3.05, 3.63) is 60.7 Å². The van der Waals surface area contributed by atoms with E-state index in [0.29, 0.717) is 13.2 Å². The van der Waals surface area contributed by atoms with Crippen LogP contribution < -0.4 is 10.4 Å². The van der Waals surface area contributed by atoms with Crippen LogP contribution in [0, 0.1) is 10.8 Å². The lowest BCUT2D eigenvalue weighted by atomic mass is 9.99. The Hall–Kier alpha value is -1.25. The van der Waals surface area contributed by atoms with Gasteiger partial charge in [-0.05, 0) is 21.2 Å². The fourth-order valence-corrected chi connectivity index (χ4v) is 7.96. The van der Waals surface area contributed by atoms with E-state index in [4.69, 9.17) is 13.0 Å². The monoisotopic (exact) mass is 402 g/mol. The predicted molar refractivity (Wildman–Crippen MR) is 118 cm³/mol. The van der Waals surface area contributed by atoms with E-state index in [1.807, 2.05) is 36.4 Å². The molecule has 2 aromatic carbocycles. The molecule has 0 radical (unpaired) electrons. The molecule has 0 heterocycles. The van der Waals surface area contributed by atoms with E-state index >= 15 is 0 Å². The van der Waals surface area contributed by atoms with E-state index in [9.17, 15) is 0 Å². The van der Waals surface area contributed by atoms with Crippen LogP contribution in [-0.4, -0.2) is 31.8 Å². The molecule has 2 rings (SSSR count). The van der Waals surface area contributed by atoms with Crippen LogP contribution in [0.15, 0.2) is 60.7 Å². The van der Waals surface area contributed by atoms with Crippen molar-refractivity contribution in [1.29, 1.82) is 0 Å². The van der Waals surface area contributed by atoms with Crippen molar-refractivity contribution in [2.75, 3.05) is 13.2 Å². The predicted octanol–water partition coefficient (Wildman–Crippen LogP) is 3.38. The van der Waals surface area contributed by atoms with Crippen LogP contribution in [0.4, 0.5) is 0 Å². The zero-order valence-electron chi connectivity index (χ0n) is 17.6. The smallest absolute Gasteiger partial charge is 0.347 e. The molecule has 5 heteroatoms. The van der Waals surface area contributed by atoms with Gasteiger partial charge in [-0.15, -0.1) is 0 Å². The van der Waals surface area contributed by atoms with Gasteiger partial charge in [0.2, 0.25) is 0 Å². The maximum absolute atomic E-state index is 6.65. The van der Waals surface area contributed by atoms with Crippen LogP contribution in [-0.2, 0) is 13.0 Å².